The summed E-state index contributed by atoms with van der Waals surface area (Å²) in [7, 11) is 0. The minimum Gasteiger partial charge on any atom is -1.00 e. The fourth-order valence-electron chi connectivity index (χ4n) is 3.40. The fraction of sp³-hybridized carbons (Fsp3) is 0.333. The molecule has 2 aromatic rings. The number of nitrogens with zero attached hydrogens (tertiary/aromatic N) is 2. The molecule has 3 heteroatoms. The van der Waals surface area contributed by atoms with Crippen molar-refractivity contribution in [3.05, 3.63) is 88.5 Å². The fourth-order valence-corrected chi connectivity index (χ4v) is 3.40. The molecule has 1 aliphatic rings. The third-order valence-electron chi connectivity index (χ3n) is 4.94. The van der Waals surface area contributed by atoms with Crippen LogP contribution in [0.4, 0.5) is 0 Å². The van der Waals surface area contributed by atoms with Crippen molar-refractivity contribution >= 4 is 11.4 Å². The Labute approximate surface area is 180 Å². The summed E-state index contributed by atoms with van der Waals surface area (Å²) in [6.45, 7) is 4.42. The van der Waals surface area contributed by atoms with E-state index >= 15 is 0 Å². The molecular formula is C24H30N2Pd-2. The van der Waals surface area contributed by atoms with Crippen molar-refractivity contribution in [2.45, 2.75) is 52.4 Å². The Bertz CT molecular complexity index is 790. The molecule has 1 aliphatic heterocycles. The Balaban J connectivity index is 0.00000261. The van der Waals surface area contributed by atoms with Gasteiger partial charge in [-0.05, 0) is 61.1 Å². The molecule has 0 N–H and O–H groups in total. The van der Waals surface area contributed by atoms with Gasteiger partial charge in [0.2, 0.25) is 11.4 Å². The first-order valence-electron chi connectivity index (χ1n) is 9.82. The number of hydrogen-bond acceptors (Lipinski definition) is 0. The van der Waals surface area contributed by atoms with Crippen LogP contribution in [0.5, 0.6) is 0 Å². The Morgan fingerprint density at radius 2 is 1.22 bits per heavy atom. The number of benzene rings is 2. The van der Waals surface area contributed by atoms with Gasteiger partial charge in [0, 0.05) is 43.7 Å². The zero-order valence-electron chi connectivity index (χ0n) is 18.2. The third kappa shape index (κ3) is 5.35. The first-order chi connectivity index (χ1) is 12.7. The van der Waals surface area contributed by atoms with Gasteiger partial charge in [-0.15, -0.1) is 0 Å². The predicted octanol–water partition coefficient (Wildman–Crippen LogP) is 7.02. The van der Waals surface area contributed by atoms with Gasteiger partial charge in [0.05, 0.1) is 0 Å². The van der Waals surface area contributed by atoms with Gasteiger partial charge >= 0.3 is 0 Å². The van der Waals surface area contributed by atoms with Crippen LogP contribution in [0, 0.1) is 0 Å². The van der Waals surface area contributed by atoms with Crippen LogP contribution in [0.3, 0.4) is 0 Å². The topological polar surface area (TPSA) is 25.3 Å². The van der Waals surface area contributed by atoms with E-state index in [0.717, 1.165) is 35.4 Å². The molecule has 0 aromatic heterocycles. The van der Waals surface area contributed by atoms with E-state index in [-0.39, 0.29) is 23.3 Å². The molecule has 148 valence electrons. The summed E-state index contributed by atoms with van der Waals surface area (Å²) in [6, 6.07) is 17.0. The van der Waals surface area contributed by atoms with Crippen molar-refractivity contribution in [2.24, 2.45) is 0 Å². The molecule has 0 unspecified atom stereocenters. The quantitative estimate of drug-likeness (QED) is 0.303. The van der Waals surface area contributed by atoms with Crippen LogP contribution in [0.2, 0.25) is 0 Å². The van der Waals surface area contributed by atoms with Crippen molar-refractivity contribution in [2.75, 3.05) is 0 Å². The van der Waals surface area contributed by atoms with Gasteiger partial charge in [-0.1, -0.05) is 51.0 Å². The van der Waals surface area contributed by atoms with E-state index in [2.05, 4.69) is 62.4 Å². The first-order valence-corrected chi connectivity index (χ1v) is 9.82. The molecule has 0 atom stereocenters. The van der Waals surface area contributed by atoms with Crippen LogP contribution in [0.25, 0.3) is 16.9 Å². The Morgan fingerprint density at radius 3 is 1.63 bits per heavy atom. The number of allylic oxidation sites excluding steroid dienone is 2. The van der Waals surface area contributed by atoms with Gasteiger partial charge in [0.1, 0.15) is 0 Å². The van der Waals surface area contributed by atoms with Gasteiger partial charge in [0.25, 0.3) is 0 Å². The second-order valence-corrected chi connectivity index (χ2v) is 7.02. The minimum absolute atomic E-state index is 0. The zero-order valence-corrected chi connectivity index (χ0v) is 17.8. The maximum atomic E-state index is 10.8. The van der Waals surface area contributed by atoms with Gasteiger partial charge < -0.3 is 8.38 Å². The largest absolute Gasteiger partial charge is 1.00 e. The molecular weight excluding hydrogens is 423 g/mol. The smallest absolute Gasteiger partial charge is 0.207 e. The zero-order chi connectivity index (χ0) is 18.4. The van der Waals surface area contributed by atoms with Crippen molar-refractivity contribution in [3.8, 4) is 0 Å². The van der Waals surface area contributed by atoms with E-state index in [0.29, 0.717) is 0 Å². The van der Waals surface area contributed by atoms with Crippen LogP contribution in [0.15, 0.2) is 60.7 Å². The molecule has 0 amide bonds. The SMILES string of the molecule is CCCCc1cccc(C2=CC=C(c3cccc(CCCC)c3)[N+]2=[N-])c1.[H-].[H-].[Pd]. The molecule has 3 rings (SSSR count). The summed E-state index contributed by atoms with van der Waals surface area (Å²) in [6.07, 6.45) is 11.0. The molecule has 0 radical (unpaired) electrons. The minimum atomic E-state index is 0. The number of hydrogen-bond donors (Lipinski definition) is 0. The molecule has 27 heavy (non-hydrogen) atoms. The van der Waals surface area contributed by atoms with Gasteiger partial charge in [-0.2, -0.15) is 0 Å². The second-order valence-electron chi connectivity index (χ2n) is 7.02. The molecule has 0 spiro atoms. The number of aryl methyl sites for hydroxylation is 2. The van der Waals surface area contributed by atoms with E-state index in [1.54, 1.807) is 0 Å². The Morgan fingerprint density at radius 1 is 0.778 bits per heavy atom. The van der Waals surface area contributed by atoms with Crippen molar-refractivity contribution < 1.29 is 28.0 Å². The van der Waals surface area contributed by atoms with Gasteiger partial charge in [-0.3, -0.25) is 0 Å². The number of unbranched alkanes of at least 4 members (excludes halogenated alkanes) is 2. The monoisotopic (exact) mass is 452 g/mol. The summed E-state index contributed by atoms with van der Waals surface area (Å²) < 4.78 is 1.33. The average molecular weight is 453 g/mol. The molecule has 0 aliphatic carbocycles. The third-order valence-corrected chi connectivity index (χ3v) is 4.94. The van der Waals surface area contributed by atoms with Gasteiger partial charge in [-0.25, -0.2) is 4.70 Å². The summed E-state index contributed by atoms with van der Waals surface area (Å²) in [5, 5.41) is 0. The molecule has 2 aromatic carbocycles. The van der Waals surface area contributed by atoms with Crippen LogP contribution >= 0.6 is 0 Å². The summed E-state index contributed by atoms with van der Waals surface area (Å²) in [5.41, 5.74) is 17.3. The Kier molecular flexibility index (Phi) is 8.35. The normalized spacial score (nSPS) is 13.2. The van der Waals surface area contributed by atoms with E-state index in [4.69, 9.17) is 0 Å². The molecule has 0 saturated carbocycles. The van der Waals surface area contributed by atoms with Crippen molar-refractivity contribution in [1.82, 2.24) is 0 Å². The van der Waals surface area contributed by atoms with E-state index in [1.165, 1.54) is 41.5 Å². The average Bonchev–Trinajstić information content (AvgIpc) is 3.06. The van der Waals surface area contributed by atoms with Crippen LogP contribution in [0.1, 0.15) is 64.6 Å². The maximum Gasteiger partial charge on any atom is 0.207 e. The standard InChI is InChI=1S/C24H28N2.Pd.2H/c1-3-5-9-19-11-7-13-21(17-19)23-15-16-24(26(23)25)22-14-8-12-20(18-22)10-6-4-2;;;/h7-8,11-18H,3-6,9-10H2,1-2H3;;;/q;;2*-1. The summed E-state index contributed by atoms with van der Waals surface area (Å²) >= 11 is 0. The summed E-state index contributed by atoms with van der Waals surface area (Å²) in [5.74, 6) is 0. The summed E-state index contributed by atoms with van der Waals surface area (Å²) in [4.78, 5) is 0. The molecule has 0 bridgehead atoms. The van der Waals surface area contributed by atoms with E-state index in [1.807, 2.05) is 12.2 Å². The van der Waals surface area contributed by atoms with Crippen LogP contribution < -0.4 is 0 Å². The van der Waals surface area contributed by atoms with Crippen LogP contribution in [-0.2, 0) is 33.3 Å². The molecule has 2 nitrogen and oxygen atoms in total. The molecule has 0 saturated heterocycles. The maximum absolute atomic E-state index is 10.8. The van der Waals surface area contributed by atoms with E-state index < -0.39 is 0 Å². The van der Waals surface area contributed by atoms with Crippen molar-refractivity contribution in [3.63, 3.8) is 0 Å². The Hall–Kier alpha value is -1.82. The van der Waals surface area contributed by atoms with E-state index in [9.17, 15) is 5.53 Å². The number of rotatable bonds is 8. The van der Waals surface area contributed by atoms with Crippen LogP contribution in [-0.4, -0.2) is 4.70 Å². The van der Waals surface area contributed by atoms with Crippen molar-refractivity contribution in [1.29, 1.82) is 0 Å². The first kappa shape index (κ1) is 21.5. The molecule has 1 heterocycles. The second kappa shape index (κ2) is 10.5. The molecule has 0 fully saturated rings. The van der Waals surface area contributed by atoms with Gasteiger partial charge in [0.15, 0.2) is 0 Å². The predicted molar refractivity (Wildman–Crippen MR) is 112 cm³/mol.